The van der Waals surface area contributed by atoms with Gasteiger partial charge in [-0.2, -0.15) is 8.42 Å². The summed E-state index contributed by atoms with van der Waals surface area (Å²) < 4.78 is 39.8. The van der Waals surface area contributed by atoms with E-state index in [9.17, 15) is 22.8 Å². The van der Waals surface area contributed by atoms with Gasteiger partial charge < -0.3 is 14.6 Å². The summed E-state index contributed by atoms with van der Waals surface area (Å²) in [7, 11) is -4.85. The summed E-state index contributed by atoms with van der Waals surface area (Å²) in [5, 5.41) is 6.50. The molecule has 0 spiro atoms. The van der Waals surface area contributed by atoms with E-state index in [0.717, 1.165) is 44.9 Å². The average molecular weight is 551 g/mol. The van der Waals surface area contributed by atoms with Crippen LogP contribution in [0.3, 0.4) is 0 Å². The van der Waals surface area contributed by atoms with Crippen LogP contribution in [0.1, 0.15) is 71.6 Å². The summed E-state index contributed by atoms with van der Waals surface area (Å²) >= 11 is 3.24. The van der Waals surface area contributed by atoms with Crippen molar-refractivity contribution in [2.45, 2.75) is 81.2 Å². The van der Waals surface area contributed by atoms with Crippen molar-refractivity contribution in [1.29, 1.82) is 0 Å². The van der Waals surface area contributed by atoms with Gasteiger partial charge in [-0.25, -0.2) is 0 Å². The van der Waals surface area contributed by atoms with Gasteiger partial charge in [-0.3, -0.25) is 18.9 Å². The first-order chi connectivity index (χ1) is 13.4. The molecule has 0 aliphatic heterocycles. The summed E-state index contributed by atoms with van der Waals surface area (Å²) in [5.41, 5.74) is 0. The molecule has 1 unspecified atom stereocenters. The van der Waals surface area contributed by atoms with Crippen molar-refractivity contribution in [2.75, 3.05) is 13.2 Å². The number of carbonyl (C=O) groups is 3. The predicted molar refractivity (Wildman–Crippen MR) is 124 cm³/mol. The van der Waals surface area contributed by atoms with E-state index in [1.165, 1.54) is 0 Å². The van der Waals surface area contributed by atoms with Crippen LogP contribution in [0.15, 0.2) is 0 Å². The number of carboxylic acids is 1. The number of rotatable bonds is 16. The van der Waals surface area contributed by atoms with Gasteiger partial charge in [0, 0.05) is 0 Å². The minimum absolute atomic E-state index is 0. The molecule has 0 amide bonds. The van der Waals surface area contributed by atoms with Crippen LogP contribution in [0.4, 0.5) is 0 Å². The van der Waals surface area contributed by atoms with Gasteiger partial charge in [-0.1, -0.05) is 54.5 Å². The Morgan fingerprint density at radius 1 is 0.871 bits per heavy atom. The van der Waals surface area contributed by atoms with E-state index >= 15 is 0 Å². The van der Waals surface area contributed by atoms with Crippen molar-refractivity contribution in [1.82, 2.24) is 0 Å². The van der Waals surface area contributed by atoms with Gasteiger partial charge in [0.25, 0.3) is 10.1 Å². The molecule has 0 saturated heterocycles. The number of carbonyl (C=O) groups excluding carboxylic acids is 2. The topological polar surface area (TPSA) is 144 Å². The molecule has 174 valence electrons. The van der Waals surface area contributed by atoms with E-state index < -0.39 is 38.1 Å². The van der Waals surface area contributed by atoms with E-state index in [1.807, 2.05) is 0 Å². The molecular formula is C18H33BrNa2O9S. The van der Waals surface area contributed by atoms with Crippen LogP contribution in [0, 0.1) is 0 Å². The first kappa shape index (κ1) is 36.4. The number of ether oxygens (including phenoxy) is 2. The standard InChI is InChI=1S/C18H31BrO9S.2Na.2H/c1-18(2,19)17(23)28-12-10-8-6-4-3-5-7-9-11-27-15(20)13-14(16(21)22)29(24,25)26;;;;/h14H,3-13H2,1-2H3,(H,21,22)(H,24,25,26);;;;. The second kappa shape index (κ2) is 19.1. The van der Waals surface area contributed by atoms with Crippen LogP contribution in [0.5, 0.6) is 0 Å². The first-order valence-electron chi connectivity index (χ1n) is 9.56. The Balaban J connectivity index is -0.00000392. The van der Waals surface area contributed by atoms with Crippen molar-refractivity contribution in [3.63, 3.8) is 0 Å². The Labute approximate surface area is 237 Å². The van der Waals surface area contributed by atoms with Crippen LogP contribution in [0.2, 0.25) is 0 Å². The third kappa shape index (κ3) is 19.9. The molecule has 0 aromatic heterocycles. The normalized spacial score (nSPS) is 12.1. The number of hydrogen-bond acceptors (Lipinski definition) is 7. The molecule has 2 N–H and O–H groups in total. The fourth-order valence-electron chi connectivity index (χ4n) is 2.32. The number of esters is 2. The van der Waals surface area contributed by atoms with E-state index in [1.54, 1.807) is 13.8 Å². The zero-order chi connectivity index (χ0) is 22.5. The van der Waals surface area contributed by atoms with Gasteiger partial charge in [0.1, 0.15) is 4.32 Å². The van der Waals surface area contributed by atoms with Crippen molar-refractivity contribution < 1.29 is 41.9 Å². The summed E-state index contributed by atoms with van der Waals surface area (Å²) in [5.74, 6) is -3.04. The Hall–Kier alpha value is 0.800. The van der Waals surface area contributed by atoms with Gasteiger partial charge in [-0.05, 0) is 26.7 Å². The minimum atomic E-state index is -4.85. The summed E-state index contributed by atoms with van der Waals surface area (Å²) in [6.45, 7) is 3.97. The Bertz CT molecular complexity index is 636. The molecule has 0 aromatic carbocycles. The number of aliphatic carboxylic acids is 1. The van der Waals surface area contributed by atoms with Gasteiger partial charge in [0.05, 0.1) is 19.6 Å². The quantitative estimate of drug-likeness (QED) is 0.0965. The molecule has 0 radical (unpaired) electrons. The second-order valence-electron chi connectivity index (χ2n) is 7.20. The second-order valence-corrected chi connectivity index (χ2v) is 10.8. The summed E-state index contributed by atoms with van der Waals surface area (Å²) in [6.07, 6.45) is 6.36. The van der Waals surface area contributed by atoms with Gasteiger partial charge in [0.2, 0.25) is 0 Å². The number of hydrogen-bond donors (Lipinski definition) is 2. The molecule has 1 atom stereocenters. The molecular weight excluding hydrogens is 518 g/mol. The summed E-state index contributed by atoms with van der Waals surface area (Å²) in [6, 6.07) is 0. The molecule has 0 aliphatic rings. The van der Waals surface area contributed by atoms with Gasteiger partial charge >= 0.3 is 77.0 Å². The molecule has 0 saturated carbocycles. The SMILES string of the molecule is CC(C)(Br)C(=O)OCCCCCCCCCCOC(=O)CC(C(=O)O)S(=O)(=O)O.[NaH].[NaH]. The monoisotopic (exact) mass is 550 g/mol. The fraction of sp³-hybridized carbons (Fsp3) is 0.833. The average Bonchev–Trinajstić information content (AvgIpc) is 2.58. The zero-order valence-electron chi connectivity index (χ0n) is 16.9. The maximum atomic E-state index is 11.5. The van der Waals surface area contributed by atoms with E-state index in [0.29, 0.717) is 13.0 Å². The number of unbranched alkanes of at least 4 members (excludes halogenated alkanes) is 7. The summed E-state index contributed by atoms with van der Waals surface area (Å²) in [4.78, 5) is 33.7. The van der Waals surface area contributed by atoms with Crippen LogP contribution < -0.4 is 0 Å². The van der Waals surface area contributed by atoms with Crippen LogP contribution in [-0.2, 0) is 34.0 Å². The van der Waals surface area contributed by atoms with E-state index in [2.05, 4.69) is 15.9 Å². The first-order valence-corrected chi connectivity index (χ1v) is 11.9. The van der Waals surface area contributed by atoms with E-state index in [-0.39, 0.29) is 71.7 Å². The molecule has 13 heteroatoms. The molecule has 9 nitrogen and oxygen atoms in total. The Morgan fingerprint density at radius 2 is 1.26 bits per heavy atom. The van der Waals surface area contributed by atoms with Crippen molar-refractivity contribution in [3.05, 3.63) is 0 Å². The third-order valence-corrected chi connectivity index (χ3v) is 5.42. The Morgan fingerprint density at radius 3 is 1.61 bits per heavy atom. The predicted octanol–water partition coefficient (Wildman–Crippen LogP) is 1.80. The number of halogens is 1. The van der Waals surface area contributed by atoms with Crippen molar-refractivity contribution in [3.8, 4) is 0 Å². The molecule has 0 heterocycles. The number of carboxylic acid groups (broad SMARTS) is 1. The molecule has 31 heavy (non-hydrogen) atoms. The van der Waals surface area contributed by atoms with Crippen LogP contribution >= 0.6 is 15.9 Å². The maximum absolute atomic E-state index is 11.5. The van der Waals surface area contributed by atoms with E-state index in [4.69, 9.17) is 19.1 Å². The molecule has 0 aliphatic carbocycles. The van der Waals surface area contributed by atoms with Crippen molar-refractivity contribution >= 4 is 103 Å². The van der Waals surface area contributed by atoms with Gasteiger partial charge in [0.15, 0.2) is 5.25 Å². The van der Waals surface area contributed by atoms with Gasteiger partial charge in [-0.15, -0.1) is 0 Å². The molecule has 0 aromatic rings. The number of alkyl halides is 1. The third-order valence-electron chi connectivity index (χ3n) is 4.01. The Kier molecular flexibility index (Phi) is 22.5. The fourth-order valence-corrected chi connectivity index (χ4v) is 3.03. The molecule has 0 fully saturated rings. The zero-order valence-corrected chi connectivity index (χ0v) is 19.3. The van der Waals surface area contributed by atoms with Crippen LogP contribution in [-0.4, -0.2) is 118 Å². The molecule has 0 rings (SSSR count). The molecule has 0 bridgehead atoms. The van der Waals surface area contributed by atoms with Crippen molar-refractivity contribution in [2.24, 2.45) is 0 Å². The van der Waals surface area contributed by atoms with Crippen LogP contribution in [0.25, 0.3) is 0 Å².